The maximum atomic E-state index is 12.9. The van der Waals surface area contributed by atoms with Crippen LogP contribution in [0.4, 0.5) is 11.4 Å². The molecule has 1 atom stereocenters. The van der Waals surface area contributed by atoms with Gasteiger partial charge in [-0.05, 0) is 55.3 Å². The molecule has 164 valence electrons. The minimum atomic E-state index is -3.65. The Bertz CT molecular complexity index is 1120. The highest BCUT2D eigenvalue weighted by Gasteiger charge is 2.42. The zero-order valence-corrected chi connectivity index (χ0v) is 18.9. The standard InChI is InChI=1S/C23H27N3O4S/c1-16-5-4-6-21(18(16)3)24-11-13-25(14-12-24)23(28)19-7-9-20(10-8-19)26-22(27)17(2)15-31(26,29)30/h4-10,17H,11-15H2,1-3H3/t17-/m0/s1. The fraction of sp³-hybridized carbons (Fsp3) is 0.391. The van der Waals surface area contributed by atoms with Crippen LogP contribution in [0.25, 0.3) is 0 Å². The Kier molecular flexibility index (Phi) is 5.51. The van der Waals surface area contributed by atoms with Crippen LogP contribution in [0.5, 0.6) is 0 Å². The Hall–Kier alpha value is -2.87. The van der Waals surface area contributed by atoms with Crippen LogP contribution in [0.2, 0.25) is 0 Å². The second kappa shape index (κ2) is 8.00. The largest absolute Gasteiger partial charge is 0.368 e. The molecular formula is C23H27N3O4S. The number of carbonyl (C=O) groups is 2. The van der Waals surface area contributed by atoms with Gasteiger partial charge in [0.25, 0.3) is 5.91 Å². The first-order chi connectivity index (χ1) is 14.7. The van der Waals surface area contributed by atoms with Crippen LogP contribution in [-0.2, 0) is 14.8 Å². The van der Waals surface area contributed by atoms with Crippen molar-refractivity contribution < 1.29 is 18.0 Å². The molecule has 0 N–H and O–H groups in total. The lowest BCUT2D eigenvalue weighted by atomic mass is 10.1. The molecule has 2 aliphatic rings. The lowest BCUT2D eigenvalue weighted by Crippen LogP contribution is -2.49. The molecule has 0 saturated carbocycles. The Morgan fingerprint density at radius 1 is 0.968 bits per heavy atom. The van der Waals surface area contributed by atoms with Gasteiger partial charge in [0.05, 0.1) is 17.4 Å². The lowest BCUT2D eigenvalue weighted by Gasteiger charge is -2.37. The minimum Gasteiger partial charge on any atom is -0.368 e. The molecule has 2 heterocycles. The Morgan fingerprint density at radius 3 is 2.19 bits per heavy atom. The number of anilines is 2. The van der Waals surface area contributed by atoms with Gasteiger partial charge >= 0.3 is 0 Å². The first-order valence-corrected chi connectivity index (χ1v) is 12.1. The van der Waals surface area contributed by atoms with Crippen LogP contribution >= 0.6 is 0 Å². The quantitative estimate of drug-likeness (QED) is 0.732. The summed E-state index contributed by atoms with van der Waals surface area (Å²) in [5.74, 6) is -1.26. The van der Waals surface area contributed by atoms with Gasteiger partial charge in [-0.25, -0.2) is 12.7 Å². The van der Waals surface area contributed by atoms with Crippen molar-refractivity contribution in [2.24, 2.45) is 5.92 Å². The average molecular weight is 442 g/mol. The molecule has 31 heavy (non-hydrogen) atoms. The van der Waals surface area contributed by atoms with E-state index in [2.05, 4.69) is 36.9 Å². The number of hydrogen-bond donors (Lipinski definition) is 0. The van der Waals surface area contributed by atoms with E-state index in [1.807, 2.05) is 4.90 Å². The van der Waals surface area contributed by atoms with E-state index in [0.717, 1.165) is 17.4 Å². The molecule has 0 aromatic heterocycles. The van der Waals surface area contributed by atoms with Crippen molar-refractivity contribution in [1.82, 2.24) is 4.90 Å². The summed E-state index contributed by atoms with van der Waals surface area (Å²) in [5, 5.41) is 0. The zero-order valence-electron chi connectivity index (χ0n) is 18.0. The number of hydrogen-bond acceptors (Lipinski definition) is 5. The topological polar surface area (TPSA) is 78.0 Å². The Morgan fingerprint density at radius 2 is 1.61 bits per heavy atom. The van der Waals surface area contributed by atoms with Gasteiger partial charge in [0.15, 0.2) is 0 Å². The van der Waals surface area contributed by atoms with E-state index >= 15 is 0 Å². The summed E-state index contributed by atoms with van der Waals surface area (Å²) in [6.07, 6.45) is 0. The van der Waals surface area contributed by atoms with E-state index in [9.17, 15) is 18.0 Å². The third kappa shape index (κ3) is 3.92. The van der Waals surface area contributed by atoms with Crippen molar-refractivity contribution in [2.45, 2.75) is 20.8 Å². The number of carbonyl (C=O) groups excluding carboxylic acids is 2. The number of rotatable bonds is 3. The monoisotopic (exact) mass is 441 g/mol. The van der Waals surface area contributed by atoms with Gasteiger partial charge in [-0.3, -0.25) is 9.59 Å². The summed E-state index contributed by atoms with van der Waals surface area (Å²) in [5.41, 5.74) is 4.50. The van der Waals surface area contributed by atoms with Crippen LogP contribution in [0, 0.1) is 19.8 Å². The normalized spacial score (nSPS) is 20.9. The highest BCUT2D eigenvalue weighted by Crippen LogP contribution is 2.29. The summed E-state index contributed by atoms with van der Waals surface area (Å²) < 4.78 is 25.4. The molecule has 0 unspecified atom stereocenters. The van der Waals surface area contributed by atoms with Gasteiger partial charge in [-0.2, -0.15) is 0 Å². The van der Waals surface area contributed by atoms with Crippen molar-refractivity contribution in [3.05, 3.63) is 59.2 Å². The lowest BCUT2D eigenvalue weighted by molar-refractivity contribution is -0.119. The summed E-state index contributed by atoms with van der Waals surface area (Å²) in [6, 6.07) is 12.5. The van der Waals surface area contributed by atoms with Crippen molar-refractivity contribution in [2.75, 3.05) is 41.1 Å². The van der Waals surface area contributed by atoms with Gasteiger partial charge in [-0.1, -0.05) is 19.1 Å². The Labute approximate surface area is 183 Å². The number of aryl methyl sites for hydroxylation is 1. The van der Waals surface area contributed by atoms with Gasteiger partial charge in [0.1, 0.15) is 0 Å². The molecule has 0 spiro atoms. The maximum Gasteiger partial charge on any atom is 0.253 e. The molecular weight excluding hydrogens is 414 g/mol. The number of piperazine rings is 1. The summed E-state index contributed by atoms with van der Waals surface area (Å²) >= 11 is 0. The van der Waals surface area contributed by atoms with Crippen LogP contribution in [0.15, 0.2) is 42.5 Å². The van der Waals surface area contributed by atoms with E-state index in [4.69, 9.17) is 0 Å². The average Bonchev–Trinajstić information content (AvgIpc) is 2.96. The highest BCUT2D eigenvalue weighted by atomic mass is 32.2. The molecule has 0 bridgehead atoms. The van der Waals surface area contributed by atoms with Crippen LogP contribution < -0.4 is 9.21 Å². The smallest absolute Gasteiger partial charge is 0.253 e. The zero-order chi connectivity index (χ0) is 22.3. The SMILES string of the molecule is Cc1cccc(N2CCN(C(=O)c3ccc(N4C(=O)[C@@H](C)CS4(=O)=O)cc3)CC2)c1C. The number of amides is 2. The van der Waals surface area contributed by atoms with E-state index in [1.54, 1.807) is 19.1 Å². The van der Waals surface area contributed by atoms with Crippen molar-refractivity contribution in [3.8, 4) is 0 Å². The predicted octanol–water partition coefficient (Wildman–Crippen LogP) is 2.58. The Balaban J connectivity index is 1.44. The fourth-order valence-corrected chi connectivity index (χ4v) is 6.06. The number of benzene rings is 2. The summed E-state index contributed by atoms with van der Waals surface area (Å²) in [6.45, 7) is 8.57. The second-order valence-corrected chi connectivity index (χ2v) is 10.2. The van der Waals surface area contributed by atoms with Gasteiger partial charge < -0.3 is 9.80 Å². The number of nitrogens with zero attached hydrogens (tertiary/aromatic N) is 3. The highest BCUT2D eigenvalue weighted by molar-refractivity contribution is 7.94. The van der Waals surface area contributed by atoms with Crippen LogP contribution in [0.3, 0.4) is 0 Å². The van der Waals surface area contributed by atoms with E-state index in [0.29, 0.717) is 18.7 Å². The van der Waals surface area contributed by atoms with Gasteiger partial charge in [0.2, 0.25) is 15.9 Å². The molecule has 2 aliphatic heterocycles. The number of sulfonamides is 1. The molecule has 2 fully saturated rings. The molecule has 2 saturated heterocycles. The summed E-state index contributed by atoms with van der Waals surface area (Å²) in [4.78, 5) is 29.3. The first kappa shape index (κ1) is 21.4. The van der Waals surface area contributed by atoms with E-state index < -0.39 is 21.8 Å². The first-order valence-electron chi connectivity index (χ1n) is 10.5. The molecule has 4 rings (SSSR count). The third-order valence-electron chi connectivity index (χ3n) is 6.19. The molecule has 7 nitrogen and oxygen atoms in total. The molecule has 2 aromatic rings. The van der Waals surface area contributed by atoms with Crippen LogP contribution in [-0.4, -0.2) is 57.1 Å². The van der Waals surface area contributed by atoms with E-state index in [-0.39, 0.29) is 17.3 Å². The predicted molar refractivity (Wildman–Crippen MR) is 121 cm³/mol. The minimum absolute atomic E-state index is 0.0869. The third-order valence-corrected chi connectivity index (χ3v) is 8.06. The molecule has 0 radical (unpaired) electrons. The van der Waals surface area contributed by atoms with Crippen molar-refractivity contribution in [3.63, 3.8) is 0 Å². The maximum absolute atomic E-state index is 12.9. The molecule has 8 heteroatoms. The van der Waals surface area contributed by atoms with Gasteiger partial charge in [0, 0.05) is 37.4 Å². The van der Waals surface area contributed by atoms with Crippen LogP contribution in [0.1, 0.15) is 28.4 Å². The fourth-order valence-electron chi connectivity index (χ4n) is 4.24. The van der Waals surface area contributed by atoms with Crippen molar-refractivity contribution >= 4 is 33.2 Å². The van der Waals surface area contributed by atoms with E-state index in [1.165, 1.54) is 28.9 Å². The molecule has 2 amide bonds. The summed E-state index contributed by atoms with van der Waals surface area (Å²) in [7, 11) is -3.65. The molecule has 0 aliphatic carbocycles. The molecule has 2 aromatic carbocycles. The van der Waals surface area contributed by atoms with Crippen molar-refractivity contribution in [1.29, 1.82) is 0 Å². The second-order valence-electron chi connectivity index (χ2n) is 8.33. The van der Waals surface area contributed by atoms with Gasteiger partial charge in [-0.15, -0.1) is 0 Å².